The van der Waals surface area contributed by atoms with Gasteiger partial charge < -0.3 is 16.2 Å². The summed E-state index contributed by atoms with van der Waals surface area (Å²) in [4.78, 5) is 0. The monoisotopic (exact) mass is 298 g/mol. The highest BCUT2D eigenvalue weighted by molar-refractivity contribution is 5.35. The molecule has 0 saturated heterocycles. The first kappa shape index (κ1) is 16.5. The van der Waals surface area contributed by atoms with Crippen LogP contribution in [0.2, 0.25) is 0 Å². The molecule has 4 N–H and O–H groups in total. The van der Waals surface area contributed by atoms with E-state index in [2.05, 4.69) is 31.2 Å². The first-order valence-electron chi connectivity index (χ1n) is 7.89. The molecule has 22 heavy (non-hydrogen) atoms. The Morgan fingerprint density at radius 2 is 1.73 bits per heavy atom. The van der Waals surface area contributed by atoms with Gasteiger partial charge in [0.05, 0.1) is 0 Å². The molecule has 2 aromatic carbocycles. The van der Waals surface area contributed by atoms with Crippen LogP contribution in [0.1, 0.15) is 23.1 Å². The third kappa shape index (κ3) is 4.86. The molecule has 0 fully saturated rings. The molecule has 0 aliphatic carbocycles. The summed E-state index contributed by atoms with van der Waals surface area (Å²) >= 11 is 0. The Labute approximate surface area is 133 Å². The third-order valence-corrected chi connectivity index (χ3v) is 4.05. The minimum Gasteiger partial charge on any atom is -0.489 e. The van der Waals surface area contributed by atoms with Crippen molar-refractivity contribution in [2.24, 2.45) is 17.4 Å². The van der Waals surface area contributed by atoms with Crippen LogP contribution in [0.3, 0.4) is 0 Å². The molecule has 2 rings (SSSR count). The highest BCUT2D eigenvalue weighted by atomic mass is 16.5. The molecule has 0 amide bonds. The number of nitrogens with two attached hydrogens (primary N) is 2. The Kier molecular flexibility index (Phi) is 6.44. The van der Waals surface area contributed by atoms with Gasteiger partial charge >= 0.3 is 0 Å². The highest BCUT2D eigenvalue weighted by Gasteiger charge is 2.07. The van der Waals surface area contributed by atoms with E-state index in [1.807, 2.05) is 24.3 Å². The van der Waals surface area contributed by atoms with E-state index >= 15 is 0 Å². The lowest BCUT2D eigenvalue weighted by Gasteiger charge is -2.14. The zero-order valence-corrected chi connectivity index (χ0v) is 13.3. The lowest BCUT2D eigenvalue weighted by atomic mass is 9.97. The number of benzene rings is 2. The maximum atomic E-state index is 5.86. The van der Waals surface area contributed by atoms with Crippen molar-refractivity contribution in [1.29, 1.82) is 0 Å². The Hall–Kier alpha value is -1.84. The summed E-state index contributed by atoms with van der Waals surface area (Å²) in [6.45, 7) is 4.05. The Morgan fingerprint density at radius 3 is 2.36 bits per heavy atom. The van der Waals surface area contributed by atoms with Crippen LogP contribution in [0.15, 0.2) is 48.5 Å². The maximum Gasteiger partial charge on any atom is 0.120 e. The summed E-state index contributed by atoms with van der Waals surface area (Å²) in [5.74, 6) is 1.33. The summed E-state index contributed by atoms with van der Waals surface area (Å²) in [5, 5.41) is 0. The van der Waals surface area contributed by atoms with Gasteiger partial charge in [-0.3, -0.25) is 0 Å². The molecule has 0 atom stereocenters. The normalized spacial score (nSPS) is 10.9. The van der Waals surface area contributed by atoms with Gasteiger partial charge in [0.1, 0.15) is 12.4 Å². The number of hydrogen-bond donors (Lipinski definition) is 2. The number of aryl methyl sites for hydroxylation is 2. The van der Waals surface area contributed by atoms with E-state index in [1.165, 1.54) is 16.7 Å². The van der Waals surface area contributed by atoms with E-state index in [0.717, 1.165) is 18.6 Å². The van der Waals surface area contributed by atoms with Crippen molar-refractivity contribution in [2.45, 2.75) is 26.4 Å². The molecule has 0 bridgehead atoms. The first-order chi connectivity index (χ1) is 10.7. The molecule has 2 aromatic rings. The Balaban J connectivity index is 1.91. The van der Waals surface area contributed by atoms with E-state index in [0.29, 0.717) is 25.6 Å². The smallest absolute Gasteiger partial charge is 0.120 e. The average Bonchev–Trinajstić information content (AvgIpc) is 2.56. The second-order valence-electron chi connectivity index (χ2n) is 5.74. The van der Waals surface area contributed by atoms with Crippen LogP contribution in [-0.2, 0) is 13.0 Å². The largest absolute Gasteiger partial charge is 0.489 e. The van der Waals surface area contributed by atoms with Crippen LogP contribution in [0.25, 0.3) is 0 Å². The van der Waals surface area contributed by atoms with Gasteiger partial charge in [-0.05, 0) is 67.6 Å². The van der Waals surface area contributed by atoms with Gasteiger partial charge in [0.15, 0.2) is 0 Å². The fraction of sp³-hybridized carbons (Fsp3) is 0.368. The molecule has 0 aromatic heterocycles. The molecule has 0 radical (unpaired) electrons. The fourth-order valence-corrected chi connectivity index (χ4v) is 2.47. The van der Waals surface area contributed by atoms with Gasteiger partial charge in [0.25, 0.3) is 0 Å². The summed E-state index contributed by atoms with van der Waals surface area (Å²) in [5.41, 5.74) is 15.2. The predicted octanol–water partition coefficient (Wildman–Crippen LogP) is 3.04. The van der Waals surface area contributed by atoms with Gasteiger partial charge in [-0.2, -0.15) is 0 Å². The lowest BCUT2D eigenvalue weighted by molar-refractivity contribution is 0.306. The van der Waals surface area contributed by atoms with E-state index < -0.39 is 0 Å². The van der Waals surface area contributed by atoms with E-state index in [-0.39, 0.29) is 0 Å². The van der Waals surface area contributed by atoms with E-state index in [9.17, 15) is 0 Å². The third-order valence-electron chi connectivity index (χ3n) is 4.05. The second kappa shape index (κ2) is 8.57. The van der Waals surface area contributed by atoms with Gasteiger partial charge in [0.2, 0.25) is 0 Å². The lowest BCUT2D eigenvalue weighted by Crippen LogP contribution is -2.23. The molecule has 3 nitrogen and oxygen atoms in total. The van der Waals surface area contributed by atoms with Crippen molar-refractivity contribution in [2.75, 3.05) is 13.1 Å². The van der Waals surface area contributed by atoms with Crippen molar-refractivity contribution in [1.82, 2.24) is 0 Å². The molecule has 0 heterocycles. The molecule has 118 valence electrons. The molecule has 0 spiro atoms. The fourth-order valence-electron chi connectivity index (χ4n) is 2.47. The molecule has 3 heteroatoms. The zero-order chi connectivity index (χ0) is 15.8. The minimum absolute atomic E-state index is 0.411. The first-order valence-corrected chi connectivity index (χ1v) is 7.89. The van der Waals surface area contributed by atoms with Crippen LogP contribution < -0.4 is 16.2 Å². The quantitative estimate of drug-likeness (QED) is 0.787. The minimum atomic E-state index is 0.411. The van der Waals surface area contributed by atoms with Gasteiger partial charge in [0, 0.05) is 0 Å². The van der Waals surface area contributed by atoms with Crippen LogP contribution in [0.4, 0.5) is 0 Å². The van der Waals surface area contributed by atoms with Crippen molar-refractivity contribution in [3.05, 3.63) is 65.2 Å². The van der Waals surface area contributed by atoms with Gasteiger partial charge in [-0.1, -0.05) is 36.4 Å². The van der Waals surface area contributed by atoms with E-state index in [1.54, 1.807) is 0 Å². The Bertz CT molecular complexity index is 565. The maximum absolute atomic E-state index is 5.86. The van der Waals surface area contributed by atoms with Crippen LogP contribution >= 0.6 is 0 Å². The predicted molar refractivity (Wildman–Crippen MR) is 91.9 cm³/mol. The summed E-state index contributed by atoms with van der Waals surface area (Å²) in [7, 11) is 0. The number of rotatable bonds is 8. The van der Waals surface area contributed by atoms with Crippen LogP contribution in [-0.4, -0.2) is 13.1 Å². The van der Waals surface area contributed by atoms with Gasteiger partial charge in [-0.25, -0.2) is 0 Å². The van der Waals surface area contributed by atoms with Crippen molar-refractivity contribution >= 4 is 0 Å². The van der Waals surface area contributed by atoms with Crippen molar-refractivity contribution in [3.63, 3.8) is 0 Å². The summed E-state index contributed by atoms with van der Waals surface area (Å²) < 4.78 is 5.86. The second-order valence-corrected chi connectivity index (χ2v) is 5.74. The molecule has 0 unspecified atom stereocenters. The number of ether oxygens (including phenoxy) is 1. The van der Waals surface area contributed by atoms with Crippen LogP contribution in [0.5, 0.6) is 5.75 Å². The summed E-state index contributed by atoms with van der Waals surface area (Å²) in [6.07, 6.45) is 2.06. The standard InChI is InChI=1S/C19H26N2O/c1-15-11-19(22-14-16-5-3-2-4-6-16)10-9-18(15)8-7-17(12-20)13-21/h2-6,9-11,17H,7-8,12-14,20-21H2,1H3. The van der Waals surface area contributed by atoms with Crippen molar-refractivity contribution in [3.8, 4) is 5.75 Å². The number of hydrogen-bond acceptors (Lipinski definition) is 3. The molecule has 0 aliphatic rings. The topological polar surface area (TPSA) is 61.3 Å². The Morgan fingerprint density at radius 1 is 1.00 bits per heavy atom. The molecular formula is C19H26N2O. The average molecular weight is 298 g/mol. The molecule has 0 saturated carbocycles. The highest BCUT2D eigenvalue weighted by Crippen LogP contribution is 2.20. The molecular weight excluding hydrogens is 272 g/mol. The van der Waals surface area contributed by atoms with Crippen molar-refractivity contribution < 1.29 is 4.74 Å². The van der Waals surface area contributed by atoms with Gasteiger partial charge in [-0.15, -0.1) is 0 Å². The SMILES string of the molecule is Cc1cc(OCc2ccccc2)ccc1CCC(CN)CN. The molecule has 0 aliphatic heterocycles. The summed E-state index contributed by atoms with van der Waals surface area (Å²) in [6, 6.07) is 16.5. The van der Waals surface area contributed by atoms with Crippen LogP contribution in [0, 0.1) is 12.8 Å². The zero-order valence-electron chi connectivity index (χ0n) is 13.3. The van der Waals surface area contributed by atoms with E-state index in [4.69, 9.17) is 16.2 Å².